The molecule has 3 aromatic carbocycles. The van der Waals surface area contributed by atoms with Crippen molar-refractivity contribution in [2.45, 2.75) is 13.3 Å². The minimum Gasteiger partial charge on any atom is -0.493 e. The predicted octanol–water partition coefficient (Wildman–Crippen LogP) is 4.81. The molecule has 0 radical (unpaired) electrons. The number of carbonyl (C=O) groups excluding carboxylic acids is 1. The molecule has 0 atom stereocenters. The van der Waals surface area contributed by atoms with Crippen molar-refractivity contribution in [3.8, 4) is 11.5 Å². The van der Waals surface area contributed by atoms with Gasteiger partial charge in [0.05, 0.1) is 12.8 Å². The van der Waals surface area contributed by atoms with Crippen LogP contribution in [0.2, 0.25) is 5.02 Å². The number of hydrazone groups is 1. The van der Waals surface area contributed by atoms with E-state index in [2.05, 4.69) is 17.5 Å². The molecule has 144 valence electrons. The Labute approximate surface area is 168 Å². The Kier molecular flexibility index (Phi) is 6.87. The molecule has 0 bridgehead atoms. The first-order chi connectivity index (χ1) is 13.7. The topological polar surface area (TPSA) is 59.9 Å². The van der Waals surface area contributed by atoms with Crippen molar-refractivity contribution in [2.75, 3.05) is 13.2 Å². The molecule has 0 unspecified atom stereocenters. The predicted molar refractivity (Wildman–Crippen MR) is 112 cm³/mol. The Hall–Kier alpha value is -3.05. The van der Waals surface area contributed by atoms with Crippen LogP contribution in [-0.4, -0.2) is 25.3 Å². The Morgan fingerprint density at radius 2 is 1.96 bits per heavy atom. The summed E-state index contributed by atoms with van der Waals surface area (Å²) in [5, 5.41) is 6.70. The number of nitrogens with zero attached hydrogens (tertiary/aromatic N) is 1. The van der Waals surface area contributed by atoms with Gasteiger partial charge in [-0.25, -0.2) is 5.43 Å². The highest BCUT2D eigenvalue weighted by Gasteiger charge is 2.08. The molecular weight excluding hydrogens is 376 g/mol. The van der Waals surface area contributed by atoms with Crippen LogP contribution in [-0.2, 0) is 4.79 Å². The van der Waals surface area contributed by atoms with Gasteiger partial charge < -0.3 is 9.47 Å². The molecule has 0 spiro atoms. The third-order valence-corrected chi connectivity index (χ3v) is 4.18. The molecule has 1 N–H and O–H groups in total. The number of amides is 1. The average Bonchev–Trinajstić information content (AvgIpc) is 2.71. The number of nitrogens with one attached hydrogen (secondary N) is 1. The summed E-state index contributed by atoms with van der Waals surface area (Å²) < 4.78 is 11.2. The largest absolute Gasteiger partial charge is 0.493 e. The van der Waals surface area contributed by atoms with Crippen molar-refractivity contribution < 1.29 is 14.3 Å². The summed E-state index contributed by atoms with van der Waals surface area (Å²) >= 11 is 5.89. The highest BCUT2D eigenvalue weighted by molar-refractivity contribution is 6.30. The highest BCUT2D eigenvalue weighted by Crippen LogP contribution is 2.26. The van der Waals surface area contributed by atoms with Crippen LogP contribution in [0.3, 0.4) is 0 Å². The average molecular weight is 397 g/mol. The molecule has 5 nitrogen and oxygen atoms in total. The summed E-state index contributed by atoms with van der Waals surface area (Å²) in [4.78, 5) is 12.0. The third-order valence-electron chi connectivity index (χ3n) is 3.94. The zero-order chi connectivity index (χ0) is 19.8. The maximum Gasteiger partial charge on any atom is 0.277 e. The third kappa shape index (κ3) is 5.24. The SMILES string of the molecule is CCCOc1ccc2ccccc2c1/C=N/NC(=O)COc1cccc(Cl)c1. The Balaban J connectivity index is 1.68. The Morgan fingerprint density at radius 3 is 2.79 bits per heavy atom. The van der Waals surface area contributed by atoms with Crippen molar-refractivity contribution in [3.05, 3.63) is 71.2 Å². The van der Waals surface area contributed by atoms with Crippen LogP contribution in [0.5, 0.6) is 11.5 Å². The molecule has 0 aromatic heterocycles. The number of hydrogen-bond acceptors (Lipinski definition) is 4. The molecule has 0 aliphatic rings. The van der Waals surface area contributed by atoms with Crippen LogP contribution in [0, 0.1) is 0 Å². The second kappa shape index (κ2) is 9.76. The molecule has 3 aromatic rings. The number of benzene rings is 3. The lowest BCUT2D eigenvalue weighted by Gasteiger charge is -2.11. The van der Waals surface area contributed by atoms with Gasteiger partial charge >= 0.3 is 0 Å². The van der Waals surface area contributed by atoms with Gasteiger partial charge in [-0.2, -0.15) is 5.10 Å². The number of ether oxygens (including phenoxy) is 2. The van der Waals surface area contributed by atoms with Gasteiger partial charge in [0.1, 0.15) is 11.5 Å². The van der Waals surface area contributed by atoms with E-state index >= 15 is 0 Å². The molecule has 0 aliphatic carbocycles. The molecule has 0 saturated carbocycles. The van der Waals surface area contributed by atoms with Crippen molar-refractivity contribution in [2.24, 2.45) is 5.10 Å². The summed E-state index contributed by atoms with van der Waals surface area (Å²) in [5.41, 5.74) is 3.30. The maximum atomic E-state index is 12.0. The van der Waals surface area contributed by atoms with Gasteiger partial charge in [0, 0.05) is 10.6 Å². The van der Waals surface area contributed by atoms with Crippen LogP contribution >= 0.6 is 11.6 Å². The maximum absolute atomic E-state index is 12.0. The number of rotatable bonds is 8. The minimum atomic E-state index is -0.368. The lowest BCUT2D eigenvalue weighted by atomic mass is 10.0. The van der Waals surface area contributed by atoms with Gasteiger partial charge in [-0.15, -0.1) is 0 Å². The Bertz CT molecular complexity index is 988. The summed E-state index contributed by atoms with van der Waals surface area (Å²) in [6.07, 6.45) is 2.51. The number of hydrogen-bond donors (Lipinski definition) is 1. The molecular formula is C22H21ClN2O3. The van der Waals surface area contributed by atoms with Crippen molar-refractivity contribution in [3.63, 3.8) is 0 Å². The standard InChI is InChI=1S/C22H21ClN2O3/c1-2-12-27-21-11-10-16-6-3-4-9-19(16)20(21)14-24-25-22(26)15-28-18-8-5-7-17(23)13-18/h3-11,13-14H,2,12,15H2,1H3,(H,25,26)/b24-14+. The van der Waals surface area contributed by atoms with Crippen LogP contribution in [0.25, 0.3) is 10.8 Å². The summed E-state index contributed by atoms with van der Waals surface area (Å²) in [5.74, 6) is 0.886. The zero-order valence-electron chi connectivity index (χ0n) is 15.5. The van der Waals surface area contributed by atoms with Crippen molar-refractivity contribution >= 4 is 34.5 Å². The van der Waals surface area contributed by atoms with E-state index in [1.54, 1.807) is 30.5 Å². The van der Waals surface area contributed by atoms with E-state index in [0.717, 1.165) is 28.5 Å². The summed E-state index contributed by atoms with van der Waals surface area (Å²) in [6.45, 7) is 2.50. The number of fused-ring (bicyclic) bond motifs is 1. The molecule has 0 fully saturated rings. The quantitative estimate of drug-likeness (QED) is 0.439. The van der Waals surface area contributed by atoms with E-state index in [4.69, 9.17) is 21.1 Å². The second-order valence-electron chi connectivity index (χ2n) is 6.09. The van der Waals surface area contributed by atoms with E-state index in [1.165, 1.54) is 0 Å². The van der Waals surface area contributed by atoms with Crippen LogP contribution in [0.1, 0.15) is 18.9 Å². The van der Waals surface area contributed by atoms with Gasteiger partial charge in [0.25, 0.3) is 5.91 Å². The highest BCUT2D eigenvalue weighted by atomic mass is 35.5. The second-order valence-corrected chi connectivity index (χ2v) is 6.52. The van der Waals surface area contributed by atoms with E-state index in [1.807, 2.05) is 36.4 Å². The van der Waals surface area contributed by atoms with Gasteiger partial charge in [-0.3, -0.25) is 4.79 Å². The minimum absolute atomic E-state index is 0.160. The number of halogens is 1. The Morgan fingerprint density at radius 1 is 1.11 bits per heavy atom. The van der Waals surface area contributed by atoms with E-state index in [-0.39, 0.29) is 12.5 Å². The zero-order valence-corrected chi connectivity index (χ0v) is 16.3. The first kappa shape index (κ1) is 19.7. The van der Waals surface area contributed by atoms with E-state index in [0.29, 0.717) is 17.4 Å². The van der Waals surface area contributed by atoms with Gasteiger partial charge in [-0.1, -0.05) is 54.9 Å². The van der Waals surface area contributed by atoms with Gasteiger partial charge in [0.15, 0.2) is 6.61 Å². The van der Waals surface area contributed by atoms with Gasteiger partial charge in [-0.05, 0) is 41.5 Å². The molecule has 1 amide bonds. The first-order valence-corrected chi connectivity index (χ1v) is 9.40. The summed E-state index contributed by atoms with van der Waals surface area (Å²) in [6, 6.07) is 18.8. The van der Waals surface area contributed by atoms with E-state index < -0.39 is 0 Å². The van der Waals surface area contributed by atoms with Crippen LogP contribution in [0.4, 0.5) is 0 Å². The smallest absolute Gasteiger partial charge is 0.277 e. The lowest BCUT2D eigenvalue weighted by molar-refractivity contribution is -0.123. The number of carbonyl (C=O) groups is 1. The molecule has 3 rings (SSSR count). The van der Waals surface area contributed by atoms with Crippen molar-refractivity contribution in [1.82, 2.24) is 5.43 Å². The fraction of sp³-hybridized carbons (Fsp3) is 0.182. The fourth-order valence-electron chi connectivity index (χ4n) is 2.65. The summed E-state index contributed by atoms with van der Waals surface area (Å²) in [7, 11) is 0. The first-order valence-electron chi connectivity index (χ1n) is 9.02. The monoisotopic (exact) mass is 396 g/mol. The van der Waals surface area contributed by atoms with E-state index in [9.17, 15) is 4.79 Å². The van der Waals surface area contributed by atoms with Gasteiger partial charge in [0.2, 0.25) is 0 Å². The molecule has 0 heterocycles. The molecule has 6 heteroatoms. The van der Waals surface area contributed by atoms with Crippen molar-refractivity contribution in [1.29, 1.82) is 0 Å². The molecule has 0 aliphatic heterocycles. The fourth-order valence-corrected chi connectivity index (χ4v) is 2.83. The van der Waals surface area contributed by atoms with Crippen LogP contribution < -0.4 is 14.9 Å². The van der Waals surface area contributed by atoms with Crippen LogP contribution in [0.15, 0.2) is 65.8 Å². The molecule has 0 saturated heterocycles. The molecule has 28 heavy (non-hydrogen) atoms. The normalized spacial score (nSPS) is 10.9. The lowest BCUT2D eigenvalue weighted by Crippen LogP contribution is -2.24.